The minimum Gasteiger partial charge on any atom is -0.329 e. The molecule has 19 heavy (non-hydrogen) atoms. The summed E-state index contributed by atoms with van der Waals surface area (Å²) in [6.45, 7) is 0. The minimum absolute atomic E-state index is 0.312. The van der Waals surface area contributed by atoms with Crippen molar-refractivity contribution in [2.45, 2.75) is 12.8 Å². The van der Waals surface area contributed by atoms with Gasteiger partial charge >= 0.3 is 0 Å². The smallest absolute Gasteiger partial charge is 0.191 e. The van der Waals surface area contributed by atoms with Crippen LogP contribution in [0.5, 0.6) is 0 Å². The zero-order chi connectivity index (χ0) is 13.2. The maximum absolute atomic E-state index is 13.4. The van der Waals surface area contributed by atoms with Crippen molar-refractivity contribution in [3.63, 3.8) is 0 Å². The highest BCUT2D eigenvalue weighted by Gasteiger charge is 2.37. The number of nitrogens with zero attached hydrogens (tertiary/aromatic N) is 1. The predicted molar refractivity (Wildman–Crippen MR) is 78.5 cm³/mol. The van der Waals surface area contributed by atoms with E-state index in [9.17, 15) is 4.39 Å². The Morgan fingerprint density at radius 3 is 3.00 bits per heavy atom. The number of halogens is 1. The van der Waals surface area contributed by atoms with E-state index in [4.69, 9.17) is 12.2 Å². The molecule has 0 aliphatic heterocycles. The predicted octanol–water partition coefficient (Wildman–Crippen LogP) is 3.06. The lowest BCUT2D eigenvalue weighted by molar-refractivity contribution is 0.463. The van der Waals surface area contributed by atoms with Gasteiger partial charge in [0.2, 0.25) is 0 Å². The number of para-hydroxylation sites is 1. The normalized spacial score (nSPS) is 25.8. The topological polar surface area (TPSA) is 36.4 Å². The molecule has 0 bridgehead atoms. The first-order valence-electron chi connectivity index (χ1n) is 6.28. The molecule has 0 amide bonds. The van der Waals surface area contributed by atoms with Crippen molar-refractivity contribution in [2.24, 2.45) is 16.9 Å². The van der Waals surface area contributed by atoms with Crippen molar-refractivity contribution < 1.29 is 4.39 Å². The average molecular weight is 275 g/mol. The third kappa shape index (κ3) is 2.51. The fourth-order valence-electron chi connectivity index (χ4n) is 2.50. The third-order valence-corrected chi connectivity index (χ3v) is 3.78. The van der Waals surface area contributed by atoms with Crippen LogP contribution in [-0.2, 0) is 0 Å². The molecule has 3 nitrogen and oxygen atoms in total. The highest BCUT2D eigenvalue weighted by Crippen LogP contribution is 2.40. The molecule has 0 spiro atoms. The zero-order valence-corrected chi connectivity index (χ0v) is 11.1. The molecule has 2 aliphatic carbocycles. The van der Waals surface area contributed by atoms with Gasteiger partial charge in [-0.1, -0.05) is 24.3 Å². The summed E-state index contributed by atoms with van der Waals surface area (Å²) in [6.07, 6.45) is 6.52. The molecule has 2 atom stereocenters. The molecule has 2 N–H and O–H groups in total. The molecule has 1 fully saturated rings. The number of hydrazone groups is 1. The van der Waals surface area contributed by atoms with E-state index in [-0.39, 0.29) is 5.82 Å². The zero-order valence-electron chi connectivity index (χ0n) is 10.3. The standard InChI is InChI=1S/C14H14FN3S/c15-11-6-1-2-7-12(11)16-14(19)18-17-13-8-9-4-3-5-10(9)13/h1-4,6-7,9-10H,5,8H2,(H2,16,18,19)/b17-13-/t9-,10+/m1/s1. The van der Waals surface area contributed by atoms with Crippen molar-refractivity contribution in [3.8, 4) is 0 Å². The Kier molecular flexibility index (Phi) is 3.29. The summed E-state index contributed by atoms with van der Waals surface area (Å²) < 4.78 is 13.4. The molecule has 0 aromatic heterocycles. The molecule has 1 aromatic carbocycles. The molecule has 98 valence electrons. The summed E-state index contributed by atoms with van der Waals surface area (Å²) in [7, 11) is 0. The van der Waals surface area contributed by atoms with Crippen LogP contribution < -0.4 is 10.7 Å². The molecule has 3 rings (SSSR count). The molecular weight excluding hydrogens is 261 g/mol. The van der Waals surface area contributed by atoms with Gasteiger partial charge in [0.15, 0.2) is 5.11 Å². The largest absolute Gasteiger partial charge is 0.329 e. The summed E-state index contributed by atoms with van der Waals surface area (Å²) in [5.41, 5.74) is 4.29. The molecule has 2 aliphatic rings. The van der Waals surface area contributed by atoms with Crippen LogP contribution in [0.25, 0.3) is 0 Å². The SMILES string of the molecule is Fc1ccccc1NC(=S)N/N=C1/C[C@H]2C=CC[C@H]12. The van der Waals surface area contributed by atoms with E-state index in [2.05, 4.69) is 28.0 Å². The molecule has 0 heterocycles. The maximum atomic E-state index is 13.4. The van der Waals surface area contributed by atoms with Crippen LogP contribution in [0, 0.1) is 17.7 Å². The second-order valence-electron chi connectivity index (χ2n) is 4.79. The Morgan fingerprint density at radius 2 is 2.21 bits per heavy atom. The van der Waals surface area contributed by atoms with Gasteiger partial charge in [0.25, 0.3) is 0 Å². The Morgan fingerprint density at radius 1 is 1.37 bits per heavy atom. The fourth-order valence-corrected chi connectivity index (χ4v) is 2.65. The molecule has 0 radical (unpaired) electrons. The van der Waals surface area contributed by atoms with Gasteiger partial charge in [-0.3, -0.25) is 5.43 Å². The molecule has 0 unspecified atom stereocenters. The first-order valence-corrected chi connectivity index (χ1v) is 6.69. The van der Waals surface area contributed by atoms with Crippen LogP contribution in [0.2, 0.25) is 0 Å². The summed E-state index contributed by atoms with van der Waals surface area (Å²) in [4.78, 5) is 0. The second-order valence-corrected chi connectivity index (χ2v) is 5.20. The van der Waals surface area contributed by atoms with Gasteiger partial charge in [-0.05, 0) is 43.1 Å². The van der Waals surface area contributed by atoms with E-state index in [1.54, 1.807) is 18.2 Å². The van der Waals surface area contributed by atoms with Crippen molar-refractivity contribution >= 4 is 28.7 Å². The number of hydrogen-bond acceptors (Lipinski definition) is 2. The summed E-state index contributed by atoms with van der Waals surface area (Å²) in [6, 6.07) is 6.41. The Bertz CT molecular complexity index is 568. The monoisotopic (exact) mass is 275 g/mol. The number of benzene rings is 1. The van der Waals surface area contributed by atoms with E-state index in [1.807, 2.05) is 0 Å². The van der Waals surface area contributed by atoms with Crippen molar-refractivity contribution in [1.29, 1.82) is 0 Å². The number of hydrogen-bond donors (Lipinski definition) is 2. The lowest BCUT2D eigenvalue weighted by Crippen LogP contribution is -2.36. The first-order chi connectivity index (χ1) is 9.24. The number of rotatable bonds is 2. The summed E-state index contributed by atoms with van der Waals surface area (Å²) in [5.74, 6) is 0.875. The van der Waals surface area contributed by atoms with Gasteiger partial charge in [0.1, 0.15) is 5.82 Å². The molecule has 1 aromatic rings. The number of thiocarbonyl (C=S) groups is 1. The fraction of sp³-hybridized carbons (Fsp3) is 0.286. The Hall–Kier alpha value is -1.75. The van der Waals surface area contributed by atoms with Crippen LogP contribution in [0.1, 0.15) is 12.8 Å². The van der Waals surface area contributed by atoms with E-state index in [0.29, 0.717) is 22.6 Å². The lowest BCUT2D eigenvalue weighted by atomic mass is 9.74. The van der Waals surface area contributed by atoms with Crippen molar-refractivity contribution in [1.82, 2.24) is 5.43 Å². The number of allylic oxidation sites excluding steroid dienone is 2. The first kappa shape index (κ1) is 12.3. The van der Waals surface area contributed by atoms with Gasteiger partial charge in [-0.2, -0.15) is 5.10 Å². The average Bonchev–Trinajstić information content (AvgIpc) is 2.74. The van der Waals surface area contributed by atoms with E-state index >= 15 is 0 Å². The summed E-state index contributed by atoms with van der Waals surface area (Å²) >= 11 is 5.09. The van der Waals surface area contributed by atoms with Crippen LogP contribution in [0.3, 0.4) is 0 Å². The Labute approximate surface area is 116 Å². The van der Waals surface area contributed by atoms with Crippen LogP contribution in [0.15, 0.2) is 41.5 Å². The molecule has 1 saturated carbocycles. The Balaban J connectivity index is 1.55. The van der Waals surface area contributed by atoms with Gasteiger partial charge in [0, 0.05) is 11.6 Å². The van der Waals surface area contributed by atoms with E-state index < -0.39 is 0 Å². The number of fused-ring (bicyclic) bond motifs is 1. The quantitative estimate of drug-likeness (QED) is 0.495. The van der Waals surface area contributed by atoms with Gasteiger partial charge in [-0.15, -0.1) is 0 Å². The van der Waals surface area contributed by atoms with Crippen LogP contribution in [0.4, 0.5) is 10.1 Å². The number of anilines is 1. The molecule has 0 saturated heterocycles. The van der Waals surface area contributed by atoms with Gasteiger partial charge in [0.05, 0.1) is 5.69 Å². The minimum atomic E-state index is -0.331. The summed E-state index contributed by atoms with van der Waals surface area (Å²) in [5, 5.41) is 7.41. The van der Waals surface area contributed by atoms with Gasteiger partial charge < -0.3 is 5.32 Å². The van der Waals surface area contributed by atoms with E-state index in [0.717, 1.165) is 18.6 Å². The van der Waals surface area contributed by atoms with Crippen molar-refractivity contribution in [3.05, 3.63) is 42.2 Å². The van der Waals surface area contributed by atoms with Crippen molar-refractivity contribution in [2.75, 3.05) is 5.32 Å². The lowest BCUT2D eigenvalue weighted by Gasteiger charge is -2.31. The highest BCUT2D eigenvalue weighted by atomic mass is 32.1. The molecular formula is C14H14FN3S. The number of nitrogens with one attached hydrogen (secondary N) is 2. The van der Waals surface area contributed by atoms with E-state index in [1.165, 1.54) is 6.07 Å². The maximum Gasteiger partial charge on any atom is 0.191 e. The second kappa shape index (κ2) is 5.09. The molecule has 5 heteroatoms. The van der Waals surface area contributed by atoms with Crippen LogP contribution in [-0.4, -0.2) is 10.8 Å². The van der Waals surface area contributed by atoms with Crippen LogP contribution >= 0.6 is 12.2 Å². The third-order valence-electron chi connectivity index (χ3n) is 3.59. The highest BCUT2D eigenvalue weighted by molar-refractivity contribution is 7.80. The van der Waals surface area contributed by atoms with Gasteiger partial charge in [-0.25, -0.2) is 4.39 Å².